The van der Waals surface area contributed by atoms with E-state index in [2.05, 4.69) is 11.4 Å². The Balaban J connectivity index is 1.94. The van der Waals surface area contributed by atoms with Crippen LogP contribution in [0, 0.1) is 23.7 Å². The lowest BCUT2D eigenvalue weighted by molar-refractivity contribution is 0.0388. The van der Waals surface area contributed by atoms with Gasteiger partial charge in [0.2, 0.25) is 10.0 Å². The number of nitrogens with one attached hydrogen (secondary N) is 1. The van der Waals surface area contributed by atoms with Gasteiger partial charge in [0.15, 0.2) is 0 Å². The molecule has 0 aliphatic heterocycles. The van der Waals surface area contributed by atoms with Crippen LogP contribution in [-0.2, 0) is 21.2 Å². The minimum atomic E-state index is -3.98. The summed E-state index contributed by atoms with van der Waals surface area (Å²) in [5.41, 5.74) is 0.761. The molecule has 1 aliphatic rings. The van der Waals surface area contributed by atoms with Crippen molar-refractivity contribution in [2.24, 2.45) is 5.41 Å². The van der Waals surface area contributed by atoms with E-state index in [1.807, 2.05) is 37.3 Å². The highest BCUT2D eigenvalue weighted by Crippen LogP contribution is 2.43. The largest absolute Gasteiger partial charge is 0.444 e. The SMILES string of the molecule is Cc1ccc(S(=O)(=O)N(CC(O)[C@H](Cc2ccccc2)NC(=O)OC(C)(C)C)CC2(CCC#N)CCCC2)cc1. The lowest BCUT2D eigenvalue weighted by atomic mass is 9.81. The molecule has 9 heteroatoms. The first-order chi connectivity index (χ1) is 18.8. The second-order valence-electron chi connectivity index (χ2n) is 12.0. The molecule has 1 aliphatic carbocycles. The molecule has 0 bridgehead atoms. The van der Waals surface area contributed by atoms with Crippen LogP contribution in [-0.4, -0.2) is 54.8 Å². The second kappa shape index (κ2) is 13.6. The summed E-state index contributed by atoms with van der Waals surface area (Å²) in [6.07, 6.45) is 2.94. The van der Waals surface area contributed by atoms with Crippen molar-refractivity contribution in [1.82, 2.24) is 9.62 Å². The molecule has 1 saturated carbocycles. The van der Waals surface area contributed by atoms with Gasteiger partial charge < -0.3 is 15.2 Å². The van der Waals surface area contributed by atoms with Gasteiger partial charge in [0.05, 0.1) is 23.1 Å². The van der Waals surface area contributed by atoms with Crippen molar-refractivity contribution in [1.29, 1.82) is 5.26 Å². The van der Waals surface area contributed by atoms with Crippen LogP contribution < -0.4 is 5.32 Å². The van der Waals surface area contributed by atoms with Crippen molar-refractivity contribution < 1.29 is 23.1 Å². The molecule has 2 N–H and O–H groups in total. The lowest BCUT2D eigenvalue weighted by Gasteiger charge is -2.37. The highest BCUT2D eigenvalue weighted by Gasteiger charge is 2.40. The number of rotatable bonds is 12. The molecule has 2 aromatic rings. The summed E-state index contributed by atoms with van der Waals surface area (Å²) in [6.45, 7) is 7.16. The number of carbonyl (C=O) groups is 1. The molecule has 0 spiro atoms. The normalized spacial score (nSPS) is 16.7. The summed E-state index contributed by atoms with van der Waals surface area (Å²) >= 11 is 0. The third kappa shape index (κ3) is 9.05. The van der Waals surface area contributed by atoms with Crippen LogP contribution in [0.2, 0.25) is 0 Å². The number of carbonyl (C=O) groups excluding carboxylic acids is 1. The number of amides is 1. The molecule has 0 radical (unpaired) electrons. The Labute approximate surface area is 239 Å². The maximum Gasteiger partial charge on any atom is 0.407 e. The smallest absolute Gasteiger partial charge is 0.407 e. The van der Waals surface area contributed by atoms with E-state index < -0.39 is 33.9 Å². The molecule has 2 atom stereocenters. The molecule has 0 saturated heterocycles. The number of alkyl carbamates (subject to hydrolysis) is 1. The van der Waals surface area contributed by atoms with Crippen LogP contribution in [0.15, 0.2) is 59.5 Å². The summed E-state index contributed by atoms with van der Waals surface area (Å²) < 4.78 is 34.8. The summed E-state index contributed by atoms with van der Waals surface area (Å²) in [4.78, 5) is 12.9. The first kappa shape index (κ1) is 31.6. The monoisotopic (exact) mass is 569 g/mol. The number of aryl methyl sites for hydroxylation is 1. The van der Waals surface area contributed by atoms with Crippen molar-refractivity contribution in [2.45, 2.75) is 95.3 Å². The van der Waals surface area contributed by atoms with Crippen LogP contribution in [0.3, 0.4) is 0 Å². The van der Waals surface area contributed by atoms with E-state index in [9.17, 15) is 23.6 Å². The maximum atomic E-state index is 14.0. The summed E-state index contributed by atoms with van der Waals surface area (Å²) in [5.74, 6) is 0. The molecule has 1 amide bonds. The Bertz CT molecular complexity index is 1240. The second-order valence-corrected chi connectivity index (χ2v) is 13.9. The summed E-state index contributed by atoms with van der Waals surface area (Å²) in [5, 5.41) is 23.6. The van der Waals surface area contributed by atoms with Crippen LogP contribution in [0.4, 0.5) is 4.79 Å². The Morgan fingerprint density at radius 1 is 1.12 bits per heavy atom. The fraction of sp³-hybridized carbons (Fsp3) is 0.548. The molecular weight excluding hydrogens is 526 g/mol. The van der Waals surface area contributed by atoms with Crippen LogP contribution in [0.25, 0.3) is 0 Å². The molecule has 2 aromatic carbocycles. The van der Waals surface area contributed by atoms with Gasteiger partial charge in [0.1, 0.15) is 5.60 Å². The zero-order chi connectivity index (χ0) is 29.4. The average Bonchev–Trinajstić information content (AvgIpc) is 3.35. The topological polar surface area (TPSA) is 120 Å². The number of ether oxygens (including phenoxy) is 1. The molecule has 3 rings (SSSR count). The quantitative estimate of drug-likeness (QED) is 0.356. The van der Waals surface area contributed by atoms with Crippen LogP contribution >= 0.6 is 0 Å². The first-order valence-electron chi connectivity index (χ1n) is 14.0. The molecule has 0 heterocycles. The predicted octanol–water partition coefficient (Wildman–Crippen LogP) is 5.35. The van der Waals surface area contributed by atoms with Crippen molar-refractivity contribution in [3.8, 4) is 6.07 Å². The number of hydrogen-bond acceptors (Lipinski definition) is 6. The number of aliphatic hydroxyl groups excluding tert-OH is 1. The Kier molecular flexibility index (Phi) is 10.8. The highest BCUT2D eigenvalue weighted by molar-refractivity contribution is 7.89. The van der Waals surface area contributed by atoms with Gasteiger partial charge in [-0.05, 0) is 76.5 Å². The van der Waals surface area contributed by atoms with Crippen molar-refractivity contribution in [3.63, 3.8) is 0 Å². The zero-order valence-corrected chi connectivity index (χ0v) is 24.9. The van der Waals surface area contributed by atoms with Crippen molar-refractivity contribution >= 4 is 16.1 Å². The minimum Gasteiger partial charge on any atom is -0.444 e. The van der Waals surface area contributed by atoms with Gasteiger partial charge in [0.25, 0.3) is 0 Å². The van der Waals surface area contributed by atoms with Crippen molar-refractivity contribution in [3.05, 3.63) is 65.7 Å². The zero-order valence-electron chi connectivity index (χ0n) is 24.1. The number of hydrogen-bond donors (Lipinski definition) is 2. The third-order valence-corrected chi connectivity index (χ3v) is 9.28. The molecule has 40 heavy (non-hydrogen) atoms. The number of benzene rings is 2. The molecule has 1 unspecified atom stereocenters. The average molecular weight is 570 g/mol. The molecular formula is C31H43N3O5S. The maximum absolute atomic E-state index is 14.0. The molecule has 1 fully saturated rings. The van der Waals surface area contributed by atoms with E-state index in [0.717, 1.165) is 36.8 Å². The minimum absolute atomic E-state index is 0.151. The molecule has 8 nitrogen and oxygen atoms in total. The van der Waals surface area contributed by atoms with Crippen LogP contribution in [0.5, 0.6) is 0 Å². The van der Waals surface area contributed by atoms with Gasteiger partial charge in [0, 0.05) is 19.5 Å². The highest BCUT2D eigenvalue weighted by atomic mass is 32.2. The number of nitriles is 1. The third-order valence-electron chi connectivity index (χ3n) is 7.46. The Morgan fingerprint density at radius 2 is 1.75 bits per heavy atom. The fourth-order valence-electron chi connectivity index (χ4n) is 5.36. The number of aliphatic hydroxyl groups is 1. The van der Waals surface area contributed by atoms with Crippen LogP contribution in [0.1, 0.15) is 70.4 Å². The standard InChI is InChI=1S/C31H43N3O5S/c1-24-13-15-26(16-14-24)40(37,38)34(23-31(19-10-20-32)17-8-9-18-31)22-28(35)27(21-25-11-6-5-7-12-25)33-29(36)39-30(2,3)4/h5-7,11-16,27-28,35H,8-10,17-19,21-23H2,1-4H3,(H,33,36)/t27-,28?/m0/s1. The van der Waals surface area contributed by atoms with E-state index in [1.165, 1.54) is 4.31 Å². The van der Waals surface area contributed by atoms with Gasteiger partial charge >= 0.3 is 6.09 Å². The van der Waals surface area contributed by atoms with Gasteiger partial charge in [-0.25, -0.2) is 13.2 Å². The fourth-order valence-corrected chi connectivity index (χ4v) is 6.93. The molecule has 218 valence electrons. The predicted molar refractivity (Wildman–Crippen MR) is 155 cm³/mol. The van der Waals surface area contributed by atoms with E-state index in [0.29, 0.717) is 19.3 Å². The van der Waals surface area contributed by atoms with E-state index in [-0.39, 0.29) is 23.4 Å². The first-order valence-corrected chi connectivity index (χ1v) is 15.4. The molecule has 0 aromatic heterocycles. The van der Waals surface area contributed by atoms with Gasteiger partial charge in [-0.3, -0.25) is 0 Å². The summed E-state index contributed by atoms with van der Waals surface area (Å²) in [6, 6.07) is 17.5. The lowest BCUT2D eigenvalue weighted by Crippen LogP contribution is -2.52. The van der Waals surface area contributed by atoms with Gasteiger partial charge in [-0.2, -0.15) is 9.57 Å². The van der Waals surface area contributed by atoms with E-state index in [4.69, 9.17) is 4.74 Å². The number of nitrogens with zero attached hydrogens (tertiary/aromatic N) is 2. The number of sulfonamides is 1. The van der Waals surface area contributed by atoms with Gasteiger partial charge in [-0.15, -0.1) is 0 Å². The van der Waals surface area contributed by atoms with E-state index >= 15 is 0 Å². The van der Waals surface area contributed by atoms with Gasteiger partial charge in [-0.1, -0.05) is 60.9 Å². The summed E-state index contributed by atoms with van der Waals surface area (Å²) in [7, 11) is -3.98. The Morgan fingerprint density at radius 3 is 2.33 bits per heavy atom. The van der Waals surface area contributed by atoms with Crippen molar-refractivity contribution in [2.75, 3.05) is 13.1 Å². The Hall–Kier alpha value is -2.93. The van der Waals surface area contributed by atoms with E-state index in [1.54, 1.807) is 45.0 Å².